The van der Waals surface area contributed by atoms with E-state index in [1.54, 1.807) is 0 Å². The van der Waals surface area contributed by atoms with Crippen molar-refractivity contribution in [1.29, 1.82) is 0 Å². The molecule has 0 radical (unpaired) electrons. The predicted molar refractivity (Wildman–Crippen MR) is 77.4 cm³/mol. The lowest BCUT2D eigenvalue weighted by atomic mass is 9.86. The lowest BCUT2D eigenvalue weighted by Crippen LogP contribution is -2.22. The van der Waals surface area contributed by atoms with Crippen LogP contribution in [-0.2, 0) is 24.4 Å². The maximum absolute atomic E-state index is 10.6. The first-order valence-electron chi connectivity index (χ1n) is 6.90. The summed E-state index contributed by atoms with van der Waals surface area (Å²) >= 11 is 4.21. The number of rotatable bonds is 9. The van der Waals surface area contributed by atoms with E-state index in [1.165, 1.54) is 51.4 Å². The van der Waals surface area contributed by atoms with E-state index in [0.717, 1.165) is 12.5 Å². The van der Waals surface area contributed by atoms with Gasteiger partial charge in [0.15, 0.2) is 0 Å². The SMILES string of the molecule is O=S(O)(=S)OCCNCCCCC1CCCCC1. The molecule has 1 aliphatic rings. The van der Waals surface area contributed by atoms with Crippen molar-refractivity contribution in [3.8, 4) is 0 Å². The highest BCUT2D eigenvalue weighted by Gasteiger charge is 2.12. The van der Waals surface area contributed by atoms with Gasteiger partial charge in [0.2, 0.25) is 0 Å². The molecule has 1 aliphatic carbocycles. The Morgan fingerprint density at radius 3 is 2.61 bits per heavy atom. The van der Waals surface area contributed by atoms with E-state index in [1.807, 2.05) is 0 Å². The predicted octanol–water partition coefficient (Wildman–Crippen LogP) is 2.48. The van der Waals surface area contributed by atoms with Gasteiger partial charge < -0.3 is 5.32 Å². The van der Waals surface area contributed by atoms with Crippen LogP contribution in [0.15, 0.2) is 0 Å². The molecule has 0 aliphatic heterocycles. The summed E-state index contributed by atoms with van der Waals surface area (Å²) in [4.78, 5) is 0. The van der Waals surface area contributed by atoms with Crippen molar-refractivity contribution in [2.24, 2.45) is 5.92 Å². The van der Waals surface area contributed by atoms with Crippen molar-refractivity contribution >= 4 is 20.2 Å². The summed E-state index contributed by atoms with van der Waals surface area (Å²) in [5, 5.41) is 3.19. The molecule has 0 bridgehead atoms. The highest BCUT2D eigenvalue weighted by Crippen LogP contribution is 2.27. The van der Waals surface area contributed by atoms with Crippen molar-refractivity contribution < 1.29 is 12.9 Å². The molecular weight excluding hydrogens is 270 g/mol. The Kier molecular flexibility index (Phi) is 8.33. The second-order valence-electron chi connectivity index (χ2n) is 5.00. The van der Waals surface area contributed by atoms with Crippen molar-refractivity contribution in [3.63, 3.8) is 0 Å². The van der Waals surface area contributed by atoms with Crippen LogP contribution in [0.2, 0.25) is 0 Å². The van der Waals surface area contributed by atoms with Crippen LogP contribution in [-0.4, -0.2) is 28.5 Å². The Bertz CT molecular complexity index is 300. The summed E-state index contributed by atoms with van der Waals surface area (Å²) < 4.78 is 23.9. The van der Waals surface area contributed by atoms with Crippen LogP contribution >= 0.6 is 0 Å². The van der Waals surface area contributed by atoms with E-state index in [2.05, 4.69) is 20.7 Å². The zero-order chi connectivity index (χ0) is 13.3. The normalized spacial score (nSPS) is 20.7. The van der Waals surface area contributed by atoms with Gasteiger partial charge in [0.25, 0.3) is 9.05 Å². The van der Waals surface area contributed by atoms with Crippen LogP contribution in [0.4, 0.5) is 0 Å². The average Bonchev–Trinajstić information content (AvgIpc) is 2.32. The van der Waals surface area contributed by atoms with Gasteiger partial charge >= 0.3 is 0 Å². The van der Waals surface area contributed by atoms with Gasteiger partial charge in [0.1, 0.15) is 0 Å². The summed E-state index contributed by atoms with van der Waals surface area (Å²) in [6, 6.07) is 0. The van der Waals surface area contributed by atoms with Gasteiger partial charge in [-0.25, -0.2) is 0 Å². The lowest BCUT2D eigenvalue weighted by Gasteiger charge is -2.21. The molecule has 2 N–H and O–H groups in total. The highest BCUT2D eigenvalue weighted by atomic mass is 32.9. The van der Waals surface area contributed by atoms with E-state index >= 15 is 0 Å². The molecule has 1 fully saturated rings. The minimum absolute atomic E-state index is 0.196. The maximum atomic E-state index is 10.6. The van der Waals surface area contributed by atoms with Crippen LogP contribution in [0.3, 0.4) is 0 Å². The molecule has 0 saturated heterocycles. The second-order valence-corrected chi connectivity index (χ2v) is 7.35. The molecule has 0 amide bonds. The molecule has 18 heavy (non-hydrogen) atoms. The van der Waals surface area contributed by atoms with Crippen LogP contribution in [0.25, 0.3) is 0 Å². The molecule has 0 spiro atoms. The number of nitrogens with one attached hydrogen (secondary N) is 1. The van der Waals surface area contributed by atoms with Gasteiger partial charge in [-0.3, -0.25) is 8.74 Å². The summed E-state index contributed by atoms with van der Waals surface area (Å²) in [5.41, 5.74) is 0. The fourth-order valence-corrected chi connectivity index (χ4v) is 3.00. The molecule has 0 aromatic rings. The zero-order valence-corrected chi connectivity index (χ0v) is 12.6. The number of hydrogen-bond acceptors (Lipinski definition) is 4. The van der Waals surface area contributed by atoms with Crippen molar-refractivity contribution in [2.45, 2.75) is 51.4 Å². The summed E-state index contributed by atoms with van der Waals surface area (Å²) in [7, 11) is -3.44. The standard InChI is InChI=1S/C12H25NO3S2/c14-18(15,17)16-11-10-13-9-5-4-8-12-6-2-1-3-7-12/h12-13H,1-11H2,(H,14,15,17). The molecule has 0 aromatic carbocycles. The number of hydrogen-bond donors (Lipinski definition) is 2. The fraction of sp³-hybridized carbons (Fsp3) is 1.00. The smallest absolute Gasteiger partial charge is 0.266 e. The van der Waals surface area contributed by atoms with Crippen molar-refractivity contribution in [1.82, 2.24) is 5.32 Å². The molecule has 1 rings (SSSR count). The molecule has 0 heterocycles. The first-order valence-corrected chi connectivity index (χ1v) is 9.27. The van der Waals surface area contributed by atoms with Gasteiger partial charge in [-0.2, -0.15) is 4.21 Å². The van der Waals surface area contributed by atoms with Gasteiger partial charge in [0, 0.05) is 17.7 Å². The van der Waals surface area contributed by atoms with Gasteiger partial charge in [0.05, 0.1) is 6.61 Å². The third-order valence-electron chi connectivity index (χ3n) is 3.45. The molecular formula is C12H25NO3S2. The Morgan fingerprint density at radius 2 is 1.94 bits per heavy atom. The van der Waals surface area contributed by atoms with Crippen LogP contribution in [0.5, 0.6) is 0 Å². The van der Waals surface area contributed by atoms with Gasteiger partial charge in [-0.1, -0.05) is 44.9 Å². The van der Waals surface area contributed by atoms with E-state index in [0.29, 0.717) is 6.54 Å². The van der Waals surface area contributed by atoms with Crippen LogP contribution < -0.4 is 5.32 Å². The molecule has 1 unspecified atom stereocenters. The van der Waals surface area contributed by atoms with E-state index in [-0.39, 0.29) is 6.61 Å². The monoisotopic (exact) mass is 295 g/mol. The quantitative estimate of drug-likeness (QED) is 0.640. The second kappa shape index (κ2) is 9.20. The molecule has 1 saturated carbocycles. The lowest BCUT2D eigenvalue weighted by molar-refractivity contribution is 0.300. The molecule has 6 heteroatoms. The van der Waals surface area contributed by atoms with Crippen molar-refractivity contribution in [3.05, 3.63) is 0 Å². The number of unbranched alkanes of at least 4 members (excludes halogenated alkanes) is 1. The highest BCUT2D eigenvalue weighted by molar-refractivity contribution is 8.27. The minimum Gasteiger partial charge on any atom is -0.314 e. The third kappa shape index (κ3) is 9.22. The molecule has 108 valence electrons. The Morgan fingerprint density at radius 1 is 1.22 bits per heavy atom. The molecule has 0 aromatic heterocycles. The zero-order valence-electron chi connectivity index (χ0n) is 10.9. The largest absolute Gasteiger partial charge is 0.314 e. The van der Waals surface area contributed by atoms with E-state index in [4.69, 9.17) is 4.55 Å². The maximum Gasteiger partial charge on any atom is 0.266 e. The summed E-state index contributed by atoms with van der Waals surface area (Å²) in [6.07, 6.45) is 10.9. The summed E-state index contributed by atoms with van der Waals surface area (Å²) in [5.74, 6) is 0.960. The average molecular weight is 295 g/mol. The topological polar surface area (TPSA) is 58.6 Å². The minimum atomic E-state index is -3.44. The van der Waals surface area contributed by atoms with Crippen LogP contribution in [0, 0.1) is 5.92 Å². The van der Waals surface area contributed by atoms with Crippen LogP contribution in [0.1, 0.15) is 51.4 Å². The van der Waals surface area contributed by atoms with Gasteiger partial charge in [-0.05, 0) is 18.9 Å². The van der Waals surface area contributed by atoms with Crippen molar-refractivity contribution in [2.75, 3.05) is 19.7 Å². The first-order chi connectivity index (χ1) is 8.58. The van der Waals surface area contributed by atoms with Gasteiger partial charge in [-0.15, -0.1) is 0 Å². The third-order valence-corrected chi connectivity index (χ3v) is 4.20. The summed E-state index contributed by atoms with van der Waals surface area (Å²) in [6.45, 7) is 1.72. The molecule has 4 nitrogen and oxygen atoms in total. The Balaban J connectivity index is 1.83. The van der Waals surface area contributed by atoms with E-state index < -0.39 is 9.05 Å². The van der Waals surface area contributed by atoms with E-state index in [9.17, 15) is 4.21 Å². The fourth-order valence-electron chi connectivity index (χ4n) is 2.50. The Hall–Kier alpha value is 0.250. The molecule has 1 atom stereocenters. The first kappa shape index (κ1) is 16.3. The Labute approximate surface area is 116 Å².